The predicted molar refractivity (Wildman–Crippen MR) is 57.6 cm³/mol. The summed E-state index contributed by atoms with van der Waals surface area (Å²) in [6.07, 6.45) is 5.96. The Hall–Kier alpha value is -2.03. The summed E-state index contributed by atoms with van der Waals surface area (Å²) < 4.78 is 0. The van der Waals surface area contributed by atoms with Crippen LogP contribution in [0.25, 0.3) is 11.3 Å². The summed E-state index contributed by atoms with van der Waals surface area (Å²) in [4.78, 5) is 19.1. The molecule has 0 spiro atoms. The van der Waals surface area contributed by atoms with Gasteiger partial charge in [0.2, 0.25) is 0 Å². The average Bonchev–Trinajstić information content (AvgIpc) is 2.30. The fraction of sp³-hybridized carbons (Fsp3) is 0.0833. The molecule has 0 saturated carbocycles. The van der Waals surface area contributed by atoms with Crippen LogP contribution in [0.5, 0.6) is 0 Å². The van der Waals surface area contributed by atoms with Gasteiger partial charge in [0, 0.05) is 29.7 Å². The summed E-state index contributed by atoms with van der Waals surface area (Å²) in [5.41, 5.74) is 3.12. The molecule has 0 aliphatic carbocycles. The van der Waals surface area contributed by atoms with Crippen LogP contribution in [0.3, 0.4) is 0 Å². The quantitative estimate of drug-likeness (QED) is 0.695. The molecule has 15 heavy (non-hydrogen) atoms. The Morgan fingerprint density at radius 1 is 1.33 bits per heavy atom. The first-order valence-corrected chi connectivity index (χ1v) is 4.63. The van der Waals surface area contributed by atoms with Crippen molar-refractivity contribution in [2.45, 2.75) is 6.92 Å². The lowest BCUT2D eigenvalue weighted by Crippen LogP contribution is -1.93. The number of hydrogen-bond acceptors (Lipinski definition) is 3. The molecule has 0 bridgehead atoms. The summed E-state index contributed by atoms with van der Waals surface area (Å²) in [5, 5.41) is 0. The first-order chi connectivity index (χ1) is 7.31. The molecule has 0 amide bonds. The number of aryl methyl sites for hydroxylation is 1. The molecule has 0 N–H and O–H groups in total. The van der Waals surface area contributed by atoms with E-state index in [1.807, 2.05) is 25.1 Å². The third kappa shape index (κ3) is 1.91. The Morgan fingerprint density at radius 3 is 2.87 bits per heavy atom. The smallest absolute Gasteiger partial charge is 0.152 e. The van der Waals surface area contributed by atoms with Crippen molar-refractivity contribution in [3.8, 4) is 11.3 Å². The van der Waals surface area contributed by atoms with Crippen LogP contribution in [-0.2, 0) is 0 Å². The highest BCUT2D eigenvalue weighted by atomic mass is 16.1. The number of aromatic nitrogens is 2. The number of pyridine rings is 2. The van der Waals surface area contributed by atoms with Gasteiger partial charge in [-0.25, -0.2) is 0 Å². The molecule has 2 heterocycles. The van der Waals surface area contributed by atoms with Gasteiger partial charge in [-0.1, -0.05) is 0 Å². The lowest BCUT2D eigenvalue weighted by atomic mass is 10.1. The molecular formula is C12H10N2O. The van der Waals surface area contributed by atoms with Crippen LogP contribution in [0.2, 0.25) is 0 Å². The van der Waals surface area contributed by atoms with E-state index in [1.165, 1.54) is 0 Å². The van der Waals surface area contributed by atoms with E-state index in [2.05, 4.69) is 9.97 Å². The van der Waals surface area contributed by atoms with Crippen LogP contribution >= 0.6 is 0 Å². The molecule has 2 rings (SSSR count). The molecule has 0 aliphatic rings. The van der Waals surface area contributed by atoms with Gasteiger partial charge in [-0.15, -0.1) is 0 Å². The average molecular weight is 198 g/mol. The van der Waals surface area contributed by atoms with E-state index in [9.17, 15) is 4.79 Å². The van der Waals surface area contributed by atoms with Crippen LogP contribution in [0, 0.1) is 6.92 Å². The SMILES string of the molecule is Cc1cnc(-c2cccnc2)c(C=O)c1. The third-order valence-corrected chi connectivity index (χ3v) is 2.12. The Bertz CT molecular complexity index is 480. The van der Waals surface area contributed by atoms with E-state index >= 15 is 0 Å². The minimum atomic E-state index is 0.600. The predicted octanol–water partition coefficient (Wildman–Crippen LogP) is 2.26. The fourth-order valence-electron chi connectivity index (χ4n) is 1.43. The maximum atomic E-state index is 10.9. The standard InChI is InChI=1S/C12H10N2O/c1-9-5-11(8-15)12(14-6-9)10-3-2-4-13-7-10/h2-8H,1H3. The van der Waals surface area contributed by atoms with Crippen molar-refractivity contribution in [2.75, 3.05) is 0 Å². The monoisotopic (exact) mass is 198 g/mol. The minimum Gasteiger partial charge on any atom is -0.298 e. The molecule has 0 saturated heterocycles. The normalized spacial score (nSPS) is 9.93. The molecule has 3 nitrogen and oxygen atoms in total. The molecular weight excluding hydrogens is 188 g/mol. The van der Waals surface area contributed by atoms with Gasteiger partial charge in [0.1, 0.15) is 0 Å². The Morgan fingerprint density at radius 2 is 2.20 bits per heavy atom. The zero-order valence-electron chi connectivity index (χ0n) is 8.34. The van der Waals surface area contributed by atoms with Gasteiger partial charge >= 0.3 is 0 Å². The second kappa shape index (κ2) is 4.00. The highest BCUT2D eigenvalue weighted by Gasteiger charge is 2.05. The van der Waals surface area contributed by atoms with E-state index < -0.39 is 0 Å². The van der Waals surface area contributed by atoms with Gasteiger partial charge in [-0.3, -0.25) is 14.8 Å². The van der Waals surface area contributed by atoms with E-state index in [4.69, 9.17) is 0 Å². The van der Waals surface area contributed by atoms with Crippen molar-refractivity contribution in [2.24, 2.45) is 0 Å². The maximum absolute atomic E-state index is 10.9. The molecule has 2 aromatic rings. The van der Waals surface area contributed by atoms with Gasteiger partial charge in [0.25, 0.3) is 0 Å². The molecule has 0 aromatic carbocycles. The van der Waals surface area contributed by atoms with Gasteiger partial charge in [-0.05, 0) is 30.7 Å². The van der Waals surface area contributed by atoms with Crippen LogP contribution < -0.4 is 0 Å². The molecule has 0 atom stereocenters. The molecule has 74 valence electrons. The van der Waals surface area contributed by atoms with Crippen LogP contribution in [0.15, 0.2) is 36.8 Å². The molecule has 0 radical (unpaired) electrons. The minimum absolute atomic E-state index is 0.600. The molecule has 0 unspecified atom stereocenters. The van der Waals surface area contributed by atoms with Crippen LogP contribution in [-0.4, -0.2) is 16.3 Å². The summed E-state index contributed by atoms with van der Waals surface area (Å²) in [6, 6.07) is 5.53. The number of rotatable bonds is 2. The van der Waals surface area contributed by atoms with Crippen molar-refractivity contribution in [1.82, 2.24) is 9.97 Å². The first kappa shape index (κ1) is 9.52. The summed E-state index contributed by atoms with van der Waals surface area (Å²) >= 11 is 0. The third-order valence-electron chi connectivity index (χ3n) is 2.12. The zero-order chi connectivity index (χ0) is 10.7. The van der Waals surface area contributed by atoms with Gasteiger partial charge in [-0.2, -0.15) is 0 Å². The largest absolute Gasteiger partial charge is 0.298 e. The van der Waals surface area contributed by atoms with Gasteiger partial charge in [0.05, 0.1) is 5.69 Å². The van der Waals surface area contributed by atoms with Crippen LogP contribution in [0.4, 0.5) is 0 Å². The van der Waals surface area contributed by atoms with Crippen molar-refractivity contribution < 1.29 is 4.79 Å². The fourth-order valence-corrected chi connectivity index (χ4v) is 1.43. The van der Waals surface area contributed by atoms with Crippen molar-refractivity contribution >= 4 is 6.29 Å². The topological polar surface area (TPSA) is 42.9 Å². The first-order valence-electron chi connectivity index (χ1n) is 4.63. The Balaban J connectivity index is 2.58. The summed E-state index contributed by atoms with van der Waals surface area (Å²) in [6.45, 7) is 1.91. The molecule has 0 aliphatic heterocycles. The summed E-state index contributed by atoms with van der Waals surface area (Å²) in [5.74, 6) is 0. The van der Waals surface area contributed by atoms with E-state index in [-0.39, 0.29) is 0 Å². The van der Waals surface area contributed by atoms with Gasteiger partial charge in [0.15, 0.2) is 6.29 Å². The van der Waals surface area contributed by atoms with Crippen molar-refractivity contribution in [3.63, 3.8) is 0 Å². The molecule has 0 fully saturated rings. The number of carbonyl (C=O) groups is 1. The lowest BCUT2D eigenvalue weighted by molar-refractivity contribution is 0.112. The molecule has 2 aromatic heterocycles. The lowest BCUT2D eigenvalue weighted by Gasteiger charge is -2.03. The number of carbonyl (C=O) groups excluding carboxylic acids is 1. The highest BCUT2D eigenvalue weighted by molar-refractivity contribution is 5.85. The Labute approximate surface area is 87.8 Å². The van der Waals surface area contributed by atoms with Crippen molar-refractivity contribution in [1.29, 1.82) is 0 Å². The number of aldehydes is 1. The Kier molecular flexibility index (Phi) is 2.54. The second-order valence-electron chi connectivity index (χ2n) is 3.31. The maximum Gasteiger partial charge on any atom is 0.152 e. The number of hydrogen-bond donors (Lipinski definition) is 0. The van der Waals surface area contributed by atoms with Crippen LogP contribution in [0.1, 0.15) is 15.9 Å². The second-order valence-corrected chi connectivity index (χ2v) is 3.31. The number of nitrogens with zero attached hydrogens (tertiary/aromatic N) is 2. The van der Waals surface area contributed by atoms with E-state index in [0.29, 0.717) is 11.3 Å². The zero-order valence-corrected chi connectivity index (χ0v) is 8.34. The highest BCUT2D eigenvalue weighted by Crippen LogP contribution is 2.19. The molecule has 3 heteroatoms. The van der Waals surface area contributed by atoms with Gasteiger partial charge < -0.3 is 0 Å². The van der Waals surface area contributed by atoms with E-state index in [0.717, 1.165) is 17.4 Å². The van der Waals surface area contributed by atoms with Crippen molar-refractivity contribution in [3.05, 3.63) is 47.9 Å². The summed E-state index contributed by atoms with van der Waals surface area (Å²) in [7, 11) is 0. The van der Waals surface area contributed by atoms with E-state index in [1.54, 1.807) is 18.6 Å².